The minimum absolute atomic E-state index is 0.0855. The molecule has 5 nitrogen and oxygen atoms in total. The molecule has 15 heavy (non-hydrogen) atoms. The molecule has 1 aromatic rings. The van der Waals surface area contributed by atoms with Crippen LogP contribution in [0.4, 0.5) is 0 Å². The Hall–Kier alpha value is -1.78. The molecule has 0 aliphatic carbocycles. The third-order valence-electron chi connectivity index (χ3n) is 2.08. The zero-order valence-corrected chi connectivity index (χ0v) is 8.55. The quantitative estimate of drug-likeness (QED) is 0.715. The molecular formula is C10H14N2O3. The highest BCUT2D eigenvalue weighted by molar-refractivity contribution is 5.66. The molecule has 0 atom stereocenters. The third-order valence-corrected chi connectivity index (χ3v) is 2.08. The molecule has 0 spiro atoms. The van der Waals surface area contributed by atoms with Crippen molar-refractivity contribution in [2.45, 2.75) is 26.3 Å². The van der Waals surface area contributed by atoms with Gasteiger partial charge in [0.05, 0.1) is 6.26 Å². The monoisotopic (exact) mass is 210 g/mol. The fourth-order valence-electron chi connectivity index (χ4n) is 1.39. The minimum Gasteiger partial charge on any atom is -0.516 e. The predicted octanol–water partition coefficient (Wildman–Crippen LogP) is 1.14. The van der Waals surface area contributed by atoms with Gasteiger partial charge in [0.15, 0.2) is 0 Å². The smallest absolute Gasteiger partial charge is 0.323 e. The fourth-order valence-corrected chi connectivity index (χ4v) is 1.39. The summed E-state index contributed by atoms with van der Waals surface area (Å²) in [7, 11) is 0. The maximum atomic E-state index is 10.6. The van der Waals surface area contributed by atoms with Gasteiger partial charge in [-0.3, -0.25) is 4.79 Å². The third kappa shape index (κ3) is 2.83. The number of rotatable bonds is 5. The van der Waals surface area contributed by atoms with Gasteiger partial charge < -0.3 is 14.8 Å². The maximum Gasteiger partial charge on any atom is 0.323 e. The van der Waals surface area contributed by atoms with Crippen molar-refractivity contribution < 1.29 is 15.0 Å². The van der Waals surface area contributed by atoms with Crippen molar-refractivity contribution in [2.75, 3.05) is 0 Å². The Morgan fingerprint density at radius 2 is 2.40 bits per heavy atom. The van der Waals surface area contributed by atoms with Crippen molar-refractivity contribution in [1.29, 1.82) is 0 Å². The van der Waals surface area contributed by atoms with Crippen LogP contribution in [-0.4, -0.2) is 25.7 Å². The number of allylic oxidation sites excluding steroid dienone is 1. The van der Waals surface area contributed by atoms with Gasteiger partial charge in [-0.2, -0.15) is 0 Å². The first kappa shape index (κ1) is 11.3. The highest BCUT2D eigenvalue weighted by Gasteiger charge is 2.10. The summed E-state index contributed by atoms with van der Waals surface area (Å²) < 4.78 is 1.66. The Bertz CT molecular complexity index is 369. The molecule has 0 saturated carbocycles. The fraction of sp³-hybridized carbons (Fsp3) is 0.400. The van der Waals surface area contributed by atoms with E-state index < -0.39 is 5.97 Å². The molecule has 0 fully saturated rings. The maximum absolute atomic E-state index is 10.6. The summed E-state index contributed by atoms with van der Waals surface area (Å²) in [5.74, 6) is -0.239. The van der Waals surface area contributed by atoms with E-state index in [0.717, 1.165) is 18.4 Å². The molecule has 0 aliphatic heterocycles. The molecule has 1 heterocycles. The Labute approximate surface area is 87.7 Å². The number of carboxylic acid groups (broad SMARTS) is 1. The van der Waals surface area contributed by atoms with Crippen LogP contribution in [0.25, 0.3) is 0 Å². The Morgan fingerprint density at radius 3 is 2.93 bits per heavy atom. The zero-order valence-electron chi connectivity index (χ0n) is 8.55. The summed E-state index contributed by atoms with van der Waals surface area (Å²) in [5.41, 5.74) is 0.888. The SMILES string of the molecule is CCc1cnc(CC=CO)n1CC(=O)O. The van der Waals surface area contributed by atoms with E-state index in [-0.39, 0.29) is 6.54 Å². The van der Waals surface area contributed by atoms with Gasteiger partial charge in [0, 0.05) is 18.3 Å². The zero-order chi connectivity index (χ0) is 11.3. The van der Waals surface area contributed by atoms with E-state index in [1.165, 1.54) is 6.08 Å². The van der Waals surface area contributed by atoms with Gasteiger partial charge in [-0.05, 0) is 12.5 Å². The van der Waals surface area contributed by atoms with E-state index in [1.54, 1.807) is 10.8 Å². The minimum atomic E-state index is -0.892. The Balaban J connectivity index is 2.94. The van der Waals surface area contributed by atoms with Gasteiger partial charge in [-0.1, -0.05) is 6.92 Å². The van der Waals surface area contributed by atoms with E-state index in [0.29, 0.717) is 12.2 Å². The molecule has 1 aromatic heterocycles. The van der Waals surface area contributed by atoms with Crippen molar-refractivity contribution in [3.63, 3.8) is 0 Å². The largest absolute Gasteiger partial charge is 0.516 e. The molecule has 0 amide bonds. The van der Waals surface area contributed by atoms with E-state index >= 15 is 0 Å². The highest BCUT2D eigenvalue weighted by atomic mass is 16.4. The van der Waals surface area contributed by atoms with Crippen LogP contribution in [0.15, 0.2) is 18.5 Å². The lowest BCUT2D eigenvalue weighted by molar-refractivity contribution is -0.137. The lowest BCUT2D eigenvalue weighted by Crippen LogP contribution is -2.14. The summed E-state index contributed by atoms with van der Waals surface area (Å²) >= 11 is 0. The van der Waals surface area contributed by atoms with Crippen molar-refractivity contribution in [2.24, 2.45) is 0 Å². The first-order valence-corrected chi connectivity index (χ1v) is 4.73. The summed E-state index contributed by atoms with van der Waals surface area (Å²) in [6.45, 7) is 1.86. The molecule has 0 unspecified atom stereocenters. The number of carbonyl (C=O) groups is 1. The average molecular weight is 210 g/mol. The molecule has 1 rings (SSSR count). The summed E-state index contributed by atoms with van der Waals surface area (Å²) in [6.07, 6.45) is 5.31. The number of nitrogens with zero attached hydrogens (tertiary/aromatic N) is 2. The number of aliphatic hydroxyl groups excluding tert-OH is 1. The van der Waals surface area contributed by atoms with Crippen molar-refractivity contribution in [3.8, 4) is 0 Å². The molecule has 0 aromatic carbocycles. The van der Waals surface area contributed by atoms with E-state index in [2.05, 4.69) is 4.98 Å². The van der Waals surface area contributed by atoms with Crippen LogP contribution in [-0.2, 0) is 24.2 Å². The number of aliphatic carboxylic acids is 1. The van der Waals surface area contributed by atoms with Gasteiger partial charge in [-0.25, -0.2) is 4.98 Å². The predicted molar refractivity (Wildman–Crippen MR) is 54.7 cm³/mol. The van der Waals surface area contributed by atoms with Gasteiger partial charge in [0.2, 0.25) is 0 Å². The van der Waals surface area contributed by atoms with Crippen LogP contribution < -0.4 is 0 Å². The van der Waals surface area contributed by atoms with Gasteiger partial charge >= 0.3 is 5.97 Å². The van der Waals surface area contributed by atoms with Gasteiger partial charge in [-0.15, -0.1) is 0 Å². The van der Waals surface area contributed by atoms with E-state index in [9.17, 15) is 4.79 Å². The Morgan fingerprint density at radius 1 is 1.67 bits per heavy atom. The van der Waals surface area contributed by atoms with Crippen LogP contribution in [0.3, 0.4) is 0 Å². The first-order chi connectivity index (χ1) is 7.19. The number of hydrogen-bond acceptors (Lipinski definition) is 3. The number of aromatic nitrogens is 2. The normalized spacial score (nSPS) is 11.0. The molecule has 5 heteroatoms. The van der Waals surface area contributed by atoms with Crippen LogP contribution in [0.5, 0.6) is 0 Å². The second kappa shape index (κ2) is 5.19. The lowest BCUT2D eigenvalue weighted by Gasteiger charge is -2.06. The lowest BCUT2D eigenvalue weighted by atomic mass is 10.3. The molecule has 2 N–H and O–H groups in total. The molecular weight excluding hydrogens is 196 g/mol. The topological polar surface area (TPSA) is 75.4 Å². The van der Waals surface area contributed by atoms with Crippen molar-refractivity contribution >= 4 is 5.97 Å². The summed E-state index contributed by atoms with van der Waals surface area (Å²) in [5, 5.41) is 17.3. The van der Waals surface area contributed by atoms with Crippen molar-refractivity contribution in [1.82, 2.24) is 9.55 Å². The number of hydrogen-bond donors (Lipinski definition) is 2. The second-order valence-electron chi connectivity index (χ2n) is 3.09. The standard InChI is InChI=1S/C10H14N2O3/c1-2-8-6-11-9(4-3-5-13)12(8)7-10(14)15/h3,5-6,13H,2,4,7H2,1H3,(H,14,15). The summed E-state index contributed by atoms with van der Waals surface area (Å²) in [6, 6.07) is 0. The van der Waals surface area contributed by atoms with Crippen molar-refractivity contribution in [3.05, 3.63) is 30.1 Å². The Kier molecular flexibility index (Phi) is 3.91. The first-order valence-electron chi connectivity index (χ1n) is 4.73. The second-order valence-corrected chi connectivity index (χ2v) is 3.09. The van der Waals surface area contributed by atoms with Gasteiger partial charge in [0.25, 0.3) is 0 Å². The number of imidazole rings is 1. The summed E-state index contributed by atoms with van der Waals surface area (Å²) in [4.78, 5) is 14.8. The van der Waals surface area contributed by atoms with E-state index in [1.807, 2.05) is 6.92 Å². The van der Waals surface area contributed by atoms with Gasteiger partial charge in [0.1, 0.15) is 12.4 Å². The highest BCUT2D eigenvalue weighted by Crippen LogP contribution is 2.07. The van der Waals surface area contributed by atoms with E-state index in [4.69, 9.17) is 10.2 Å². The number of aliphatic hydroxyl groups is 1. The van der Waals surface area contributed by atoms with Crippen LogP contribution in [0.1, 0.15) is 18.4 Å². The average Bonchev–Trinajstić information content (AvgIpc) is 2.57. The molecule has 0 bridgehead atoms. The number of carboxylic acids is 1. The van der Waals surface area contributed by atoms with Crippen LogP contribution >= 0.6 is 0 Å². The molecule has 82 valence electrons. The molecule has 0 radical (unpaired) electrons. The molecule has 0 saturated heterocycles. The van der Waals surface area contributed by atoms with Crippen LogP contribution in [0, 0.1) is 0 Å². The molecule has 0 aliphatic rings. The van der Waals surface area contributed by atoms with Crippen LogP contribution in [0.2, 0.25) is 0 Å². The number of aryl methyl sites for hydroxylation is 1.